The molecule has 9 heteroatoms. The van der Waals surface area contributed by atoms with E-state index in [1.54, 1.807) is 12.4 Å². The summed E-state index contributed by atoms with van der Waals surface area (Å²) in [7, 11) is -3.79. The highest BCUT2D eigenvalue weighted by Gasteiger charge is 2.39. The SMILES string of the molecule is O=C(N/N=C\c1c[nH]c2ccccc12)[C@H]1CCCN1S(=O)(=O)c1ccc(Cl)cc1. The molecule has 1 aromatic heterocycles. The van der Waals surface area contributed by atoms with Crippen molar-refractivity contribution in [3.05, 3.63) is 65.3 Å². The van der Waals surface area contributed by atoms with E-state index in [0.29, 0.717) is 17.9 Å². The van der Waals surface area contributed by atoms with Gasteiger partial charge in [0.05, 0.1) is 11.1 Å². The molecule has 0 radical (unpaired) electrons. The van der Waals surface area contributed by atoms with Crippen LogP contribution in [-0.4, -0.2) is 42.4 Å². The summed E-state index contributed by atoms with van der Waals surface area (Å²) < 4.78 is 27.1. The Morgan fingerprint density at radius 3 is 2.76 bits per heavy atom. The number of hydrogen-bond donors (Lipinski definition) is 2. The number of aromatic amines is 1. The topological polar surface area (TPSA) is 94.6 Å². The van der Waals surface area contributed by atoms with Crippen LogP contribution in [0.4, 0.5) is 0 Å². The predicted octanol–water partition coefficient (Wildman–Crippen LogP) is 3.12. The second kappa shape index (κ2) is 7.98. The molecule has 0 aliphatic carbocycles. The number of sulfonamides is 1. The van der Waals surface area contributed by atoms with Crippen LogP contribution in [0.15, 0.2) is 64.7 Å². The monoisotopic (exact) mass is 430 g/mol. The average molecular weight is 431 g/mol. The molecule has 2 heterocycles. The zero-order valence-electron chi connectivity index (χ0n) is 15.4. The summed E-state index contributed by atoms with van der Waals surface area (Å²) in [6.45, 7) is 0.287. The van der Waals surface area contributed by atoms with Crippen LogP contribution in [0.25, 0.3) is 10.9 Å². The molecule has 1 atom stereocenters. The number of halogens is 1. The van der Waals surface area contributed by atoms with Gasteiger partial charge in [-0.1, -0.05) is 29.8 Å². The predicted molar refractivity (Wildman–Crippen MR) is 112 cm³/mol. The van der Waals surface area contributed by atoms with Crippen molar-refractivity contribution in [1.82, 2.24) is 14.7 Å². The van der Waals surface area contributed by atoms with E-state index < -0.39 is 22.0 Å². The number of carbonyl (C=O) groups is 1. The normalized spacial score (nSPS) is 17.9. The van der Waals surface area contributed by atoms with E-state index in [4.69, 9.17) is 11.6 Å². The summed E-state index contributed by atoms with van der Waals surface area (Å²) in [5.74, 6) is -0.448. The van der Waals surface area contributed by atoms with Crippen LogP contribution >= 0.6 is 11.6 Å². The van der Waals surface area contributed by atoms with Crippen molar-refractivity contribution >= 4 is 44.6 Å². The van der Waals surface area contributed by atoms with E-state index in [1.165, 1.54) is 28.6 Å². The lowest BCUT2D eigenvalue weighted by atomic mass is 10.2. The number of fused-ring (bicyclic) bond motifs is 1. The third-order valence-electron chi connectivity index (χ3n) is 4.93. The lowest BCUT2D eigenvalue weighted by Crippen LogP contribution is -2.44. The smallest absolute Gasteiger partial charge is 0.258 e. The molecule has 0 saturated carbocycles. The summed E-state index contributed by atoms with van der Waals surface area (Å²) in [5, 5.41) is 5.46. The third-order valence-corrected chi connectivity index (χ3v) is 7.10. The number of hydrogen-bond acceptors (Lipinski definition) is 4. The van der Waals surface area contributed by atoms with E-state index in [-0.39, 0.29) is 11.4 Å². The third kappa shape index (κ3) is 3.91. The minimum absolute atomic E-state index is 0.115. The van der Waals surface area contributed by atoms with Crippen LogP contribution in [-0.2, 0) is 14.8 Å². The minimum Gasteiger partial charge on any atom is -0.361 e. The molecule has 0 spiro atoms. The van der Waals surface area contributed by atoms with Crippen LogP contribution in [0.5, 0.6) is 0 Å². The molecular weight excluding hydrogens is 412 g/mol. The fraction of sp³-hybridized carbons (Fsp3) is 0.200. The van der Waals surface area contributed by atoms with Crippen LogP contribution in [0.1, 0.15) is 18.4 Å². The van der Waals surface area contributed by atoms with Gasteiger partial charge in [0.25, 0.3) is 5.91 Å². The van der Waals surface area contributed by atoms with Gasteiger partial charge in [0.2, 0.25) is 10.0 Å². The van der Waals surface area contributed by atoms with Crippen molar-refractivity contribution in [2.45, 2.75) is 23.8 Å². The maximum absolute atomic E-state index is 12.9. The zero-order valence-corrected chi connectivity index (χ0v) is 16.9. The Balaban J connectivity index is 1.48. The Kier molecular flexibility index (Phi) is 5.40. The Hall–Kier alpha value is -2.68. The van der Waals surface area contributed by atoms with Crippen LogP contribution in [0.2, 0.25) is 5.02 Å². The molecule has 2 N–H and O–H groups in total. The number of aromatic nitrogens is 1. The van der Waals surface area contributed by atoms with Crippen LogP contribution in [0, 0.1) is 0 Å². The van der Waals surface area contributed by atoms with Gasteiger partial charge >= 0.3 is 0 Å². The Labute approximate surface area is 173 Å². The first-order valence-corrected chi connectivity index (χ1v) is 10.9. The number of H-pyrrole nitrogens is 1. The van der Waals surface area contributed by atoms with Gasteiger partial charge in [-0.25, -0.2) is 13.8 Å². The Morgan fingerprint density at radius 1 is 1.21 bits per heavy atom. The van der Waals surface area contributed by atoms with Gasteiger partial charge in [-0.3, -0.25) is 4.79 Å². The number of carbonyl (C=O) groups excluding carboxylic acids is 1. The highest BCUT2D eigenvalue weighted by Crippen LogP contribution is 2.27. The summed E-state index contributed by atoms with van der Waals surface area (Å²) >= 11 is 5.85. The molecule has 7 nitrogen and oxygen atoms in total. The molecular formula is C20H19ClN4O3S. The van der Waals surface area contributed by atoms with Crippen molar-refractivity contribution < 1.29 is 13.2 Å². The van der Waals surface area contributed by atoms with Crippen molar-refractivity contribution in [2.75, 3.05) is 6.54 Å². The molecule has 1 fully saturated rings. The zero-order chi connectivity index (χ0) is 20.4. The van der Waals surface area contributed by atoms with E-state index >= 15 is 0 Å². The largest absolute Gasteiger partial charge is 0.361 e. The fourth-order valence-electron chi connectivity index (χ4n) is 3.47. The maximum Gasteiger partial charge on any atom is 0.258 e. The summed E-state index contributed by atoms with van der Waals surface area (Å²) in [6, 6.07) is 12.9. The van der Waals surface area contributed by atoms with Gasteiger partial charge in [0, 0.05) is 34.2 Å². The second-order valence-electron chi connectivity index (χ2n) is 6.75. The van der Waals surface area contributed by atoms with Crippen LogP contribution in [0.3, 0.4) is 0 Å². The lowest BCUT2D eigenvalue weighted by molar-refractivity contribution is -0.124. The van der Waals surface area contributed by atoms with Crippen molar-refractivity contribution in [1.29, 1.82) is 0 Å². The molecule has 0 bridgehead atoms. The van der Waals surface area contributed by atoms with E-state index in [0.717, 1.165) is 16.5 Å². The molecule has 3 aromatic rings. The molecule has 29 heavy (non-hydrogen) atoms. The molecule has 0 unspecified atom stereocenters. The van der Waals surface area contributed by atoms with Gasteiger partial charge in [-0.15, -0.1) is 0 Å². The Bertz CT molecular complexity index is 1170. The maximum atomic E-state index is 12.9. The molecule has 1 aliphatic heterocycles. The fourth-order valence-corrected chi connectivity index (χ4v) is 5.25. The molecule has 4 rings (SSSR count). The number of para-hydroxylation sites is 1. The summed E-state index contributed by atoms with van der Waals surface area (Å²) in [5.41, 5.74) is 4.28. The molecule has 1 amide bonds. The number of amides is 1. The van der Waals surface area contributed by atoms with Crippen molar-refractivity contribution in [3.63, 3.8) is 0 Å². The van der Waals surface area contributed by atoms with Gasteiger partial charge < -0.3 is 4.98 Å². The number of nitrogens with one attached hydrogen (secondary N) is 2. The highest BCUT2D eigenvalue weighted by atomic mass is 35.5. The summed E-state index contributed by atoms with van der Waals surface area (Å²) in [6.07, 6.45) is 4.40. The van der Waals surface area contributed by atoms with Crippen molar-refractivity contribution in [2.24, 2.45) is 5.10 Å². The first-order chi connectivity index (χ1) is 14.0. The molecule has 1 saturated heterocycles. The molecule has 2 aromatic carbocycles. The standard InChI is InChI=1S/C20H19ClN4O3S/c21-15-7-9-16(10-8-15)29(27,28)25-11-3-6-19(25)20(26)24-23-13-14-12-22-18-5-2-1-4-17(14)18/h1-2,4-5,7-10,12-13,19,22H,3,6,11H2,(H,24,26)/b23-13-/t19-/m1/s1. The Morgan fingerprint density at radius 2 is 1.97 bits per heavy atom. The first-order valence-electron chi connectivity index (χ1n) is 9.13. The number of hydrazone groups is 1. The van der Waals surface area contributed by atoms with E-state index in [9.17, 15) is 13.2 Å². The van der Waals surface area contributed by atoms with Crippen molar-refractivity contribution in [3.8, 4) is 0 Å². The summed E-state index contributed by atoms with van der Waals surface area (Å²) in [4.78, 5) is 15.9. The first kappa shape index (κ1) is 19.6. The van der Waals surface area contributed by atoms with Crippen LogP contribution < -0.4 is 5.43 Å². The second-order valence-corrected chi connectivity index (χ2v) is 9.08. The molecule has 150 valence electrons. The average Bonchev–Trinajstić information content (AvgIpc) is 3.36. The van der Waals surface area contributed by atoms with Gasteiger partial charge in [0.1, 0.15) is 6.04 Å². The van der Waals surface area contributed by atoms with Gasteiger partial charge in [-0.05, 0) is 43.2 Å². The number of benzene rings is 2. The van der Waals surface area contributed by atoms with Gasteiger partial charge in [-0.2, -0.15) is 9.41 Å². The number of nitrogens with zero attached hydrogens (tertiary/aromatic N) is 2. The van der Waals surface area contributed by atoms with E-state index in [2.05, 4.69) is 15.5 Å². The molecule has 1 aliphatic rings. The lowest BCUT2D eigenvalue weighted by Gasteiger charge is -2.22. The van der Waals surface area contributed by atoms with E-state index in [1.807, 2.05) is 24.3 Å². The van der Waals surface area contributed by atoms with Gasteiger partial charge in [0.15, 0.2) is 0 Å². The number of rotatable bonds is 5. The quantitative estimate of drug-likeness (QED) is 0.481. The highest BCUT2D eigenvalue weighted by molar-refractivity contribution is 7.89. The minimum atomic E-state index is -3.79.